The number of carbonyl (C=O) groups is 1. The highest BCUT2D eigenvalue weighted by atomic mass is 16.5. The first-order chi connectivity index (χ1) is 15.2. The Kier molecular flexibility index (Phi) is 6.08. The van der Waals surface area contributed by atoms with Crippen molar-refractivity contribution in [3.05, 3.63) is 84.2 Å². The second kappa shape index (κ2) is 9.26. The van der Waals surface area contributed by atoms with Crippen LogP contribution in [-0.2, 0) is 6.42 Å². The van der Waals surface area contributed by atoms with Crippen LogP contribution in [0.3, 0.4) is 0 Å². The molecule has 0 unspecified atom stereocenters. The van der Waals surface area contributed by atoms with Crippen molar-refractivity contribution in [1.29, 1.82) is 0 Å². The van der Waals surface area contributed by atoms with E-state index in [1.54, 1.807) is 26.6 Å². The first-order valence-electron chi connectivity index (χ1n) is 9.99. The van der Waals surface area contributed by atoms with Crippen molar-refractivity contribution in [2.24, 2.45) is 0 Å². The lowest BCUT2D eigenvalue weighted by Crippen LogP contribution is -2.26. The van der Waals surface area contributed by atoms with Gasteiger partial charge in [-0.2, -0.15) is 0 Å². The summed E-state index contributed by atoms with van der Waals surface area (Å²) >= 11 is 0. The number of nitrogens with zero attached hydrogens (tertiary/aromatic N) is 2. The number of methoxy groups -OCH3 is 2. The number of rotatable bonds is 7. The number of aromatic nitrogens is 2. The monoisotopic (exact) mass is 413 g/mol. The van der Waals surface area contributed by atoms with Gasteiger partial charge in [0.05, 0.1) is 31.0 Å². The predicted molar refractivity (Wildman–Crippen MR) is 121 cm³/mol. The smallest absolute Gasteiger partial charge is 0.252 e. The van der Waals surface area contributed by atoms with Crippen LogP contribution < -0.4 is 14.8 Å². The van der Waals surface area contributed by atoms with Crippen molar-refractivity contribution in [3.8, 4) is 22.8 Å². The van der Waals surface area contributed by atoms with Crippen LogP contribution in [0.4, 0.5) is 0 Å². The van der Waals surface area contributed by atoms with Crippen molar-refractivity contribution in [3.63, 3.8) is 0 Å². The zero-order valence-electron chi connectivity index (χ0n) is 17.5. The number of hydrogen-bond acceptors (Lipinski definition) is 5. The molecule has 0 spiro atoms. The molecule has 1 amide bonds. The van der Waals surface area contributed by atoms with E-state index in [9.17, 15) is 4.79 Å². The van der Waals surface area contributed by atoms with Gasteiger partial charge >= 0.3 is 0 Å². The van der Waals surface area contributed by atoms with Crippen LogP contribution in [0.15, 0.2) is 73.1 Å². The average Bonchev–Trinajstić information content (AvgIpc) is 2.83. The molecule has 0 saturated heterocycles. The maximum absolute atomic E-state index is 13.1. The Labute approximate surface area is 180 Å². The summed E-state index contributed by atoms with van der Waals surface area (Å²) in [5.74, 6) is 1.23. The van der Waals surface area contributed by atoms with E-state index in [-0.39, 0.29) is 5.91 Å². The van der Waals surface area contributed by atoms with E-state index in [1.165, 1.54) is 0 Å². The van der Waals surface area contributed by atoms with Crippen LogP contribution in [0.2, 0.25) is 0 Å². The van der Waals surface area contributed by atoms with Gasteiger partial charge in [-0.3, -0.25) is 9.78 Å². The van der Waals surface area contributed by atoms with Crippen molar-refractivity contribution < 1.29 is 14.3 Å². The summed E-state index contributed by atoms with van der Waals surface area (Å²) in [6.45, 7) is 0.496. The van der Waals surface area contributed by atoms with Gasteiger partial charge in [0, 0.05) is 29.9 Å². The summed E-state index contributed by atoms with van der Waals surface area (Å²) in [4.78, 5) is 21.8. The second-order valence-electron chi connectivity index (χ2n) is 7.00. The fourth-order valence-corrected chi connectivity index (χ4v) is 3.49. The Morgan fingerprint density at radius 3 is 2.48 bits per heavy atom. The summed E-state index contributed by atoms with van der Waals surface area (Å²) in [7, 11) is 3.22. The van der Waals surface area contributed by atoms with Gasteiger partial charge in [0.25, 0.3) is 5.91 Å². The number of carbonyl (C=O) groups excluding carboxylic acids is 1. The zero-order chi connectivity index (χ0) is 21.6. The van der Waals surface area contributed by atoms with E-state index < -0.39 is 0 Å². The number of pyridine rings is 2. The van der Waals surface area contributed by atoms with Gasteiger partial charge < -0.3 is 14.8 Å². The van der Waals surface area contributed by atoms with Gasteiger partial charge in [-0.25, -0.2) is 4.98 Å². The van der Waals surface area contributed by atoms with Crippen LogP contribution in [-0.4, -0.2) is 36.6 Å². The molecule has 4 rings (SSSR count). The quantitative estimate of drug-likeness (QED) is 0.489. The lowest BCUT2D eigenvalue weighted by atomic mass is 10.0. The lowest BCUT2D eigenvalue weighted by molar-refractivity contribution is 0.0955. The van der Waals surface area contributed by atoms with Crippen molar-refractivity contribution >= 4 is 16.8 Å². The molecule has 2 aromatic carbocycles. The third-order valence-corrected chi connectivity index (χ3v) is 5.08. The zero-order valence-corrected chi connectivity index (χ0v) is 17.5. The topological polar surface area (TPSA) is 73.3 Å². The molecule has 4 aromatic rings. The van der Waals surface area contributed by atoms with E-state index in [1.807, 2.05) is 60.7 Å². The van der Waals surface area contributed by atoms with E-state index in [4.69, 9.17) is 14.5 Å². The second-order valence-corrected chi connectivity index (χ2v) is 7.00. The van der Waals surface area contributed by atoms with E-state index in [2.05, 4.69) is 10.3 Å². The van der Waals surface area contributed by atoms with E-state index in [0.717, 1.165) is 27.7 Å². The fraction of sp³-hybridized carbons (Fsp3) is 0.160. The first-order valence-corrected chi connectivity index (χ1v) is 9.99. The molecular formula is C25H23N3O3. The molecule has 0 aliphatic carbocycles. The maximum Gasteiger partial charge on any atom is 0.252 e. The molecule has 0 fully saturated rings. The van der Waals surface area contributed by atoms with Gasteiger partial charge in [0.1, 0.15) is 0 Å². The van der Waals surface area contributed by atoms with Crippen molar-refractivity contribution in [2.75, 3.05) is 20.8 Å². The summed E-state index contributed by atoms with van der Waals surface area (Å²) in [6, 6.07) is 19.0. The largest absolute Gasteiger partial charge is 0.493 e. The van der Waals surface area contributed by atoms with Gasteiger partial charge in [-0.05, 0) is 48.4 Å². The minimum atomic E-state index is -0.130. The molecule has 156 valence electrons. The Bertz CT molecular complexity index is 1210. The van der Waals surface area contributed by atoms with Crippen molar-refractivity contribution in [1.82, 2.24) is 15.3 Å². The minimum absolute atomic E-state index is 0.130. The molecule has 6 heteroatoms. The Morgan fingerprint density at radius 2 is 1.71 bits per heavy atom. The average molecular weight is 413 g/mol. The van der Waals surface area contributed by atoms with Gasteiger partial charge in [0.15, 0.2) is 11.5 Å². The number of nitrogens with one attached hydrogen (secondary N) is 1. The maximum atomic E-state index is 13.1. The summed E-state index contributed by atoms with van der Waals surface area (Å²) in [5, 5.41) is 3.86. The van der Waals surface area contributed by atoms with Crippen LogP contribution in [0, 0.1) is 0 Å². The molecule has 0 radical (unpaired) electrons. The first kappa shape index (κ1) is 20.3. The molecule has 2 heterocycles. The van der Waals surface area contributed by atoms with Crippen LogP contribution in [0.25, 0.3) is 22.2 Å². The standard InChI is InChI=1S/C25H23N3O3/c1-30-23-8-7-17(15-24(23)31-2)9-14-27-25(29)20-16-22(18-10-12-26-13-11-18)28-21-6-4-3-5-19(20)21/h3-8,10-13,15-16H,9,14H2,1-2H3,(H,27,29). The molecule has 1 N–H and O–H groups in total. The molecule has 0 bridgehead atoms. The van der Waals surface area contributed by atoms with Crippen molar-refractivity contribution in [2.45, 2.75) is 6.42 Å². The fourth-order valence-electron chi connectivity index (χ4n) is 3.49. The normalized spacial score (nSPS) is 10.6. The highest BCUT2D eigenvalue weighted by Gasteiger charge is 2.14. The number of hydrogen-bond donors (Lipinski definition) is 1. The van der Waals surface area contributed by atoms with Gasteiger partial charge in [0.2, 0.25) is 0 Å². The van der Waals surface area contributed by atoms with Gasteiger partial charge in [-0.15, -0.1) is 0 Å². The lowest BCUT2D eigenvalue weighted by Gasteiger charge is -2.12. The Balaban J connectivity index is 1.55. The molecule has 0 aliphatic rings. The van der Waals surface area contributed by atoms with Gasteiger partial charge in [-0.1, -0.05) is 24.3 Å². The minimum Gasteiger partial charge on any atom is -0.493 e. The summed E-state index contributed by atoms with van der Waals surface area (Å²) in [6.07, 6.45) is 4.11. The third kappa shape index (κ3) is 4.48. The Morgan fingerprint density at radius 1 is 0.935 bits per heavy atom. The number of ether oxygens (including phenoxy) is 2. The molecule has 6 nitrogen and oxygen atoms in total. The van der Waals surface area contributed by atoms with Crippen LogP contribution in [0.1, 0.15) is 15.9 Å². The molecular weight excluding hydrogens is 390 g/mol. The number of amides is 1. The molecule has 31 heavy (non-hydrogen) atoms. The molecule has 2 aromatic heterocycles. The molecule has 0 saturated carbocycles. The number of fused-ring (bicyclic) bond motifs is 1. The SMILES string of the molecule is COc1ccc(CCNC(=O)c2cc(-c3ccncc3)nc3ccccc23)cc1OC. The van der Waals surface area contributed by atoms with E-state index >= 15 is 0 Å². The third-order valence-electron chi connectivity index (χ3n) is 5.08. The Hall–Kier alpha value is -3.93. The summed E-state index contributed by atoms with van der Waals surface area (Å²) < 4.78 is 10.6. The highest BCUT2D eigenvalue weighted by Crippen LogP contribution is 2.28. The highest BCUT2D eigenvalue weighted by molar-refractivity contribution is 6.07. The van der Waals surface area contributed by atoms with Crippen LogP contribution >= 0.6 is 0 Å². The summed E-state index contributed by atoms with van der Waals surface area (Å²) in [5.41, 5.74) is 4.09. The van der Waals surface area contributed by atoms with Crippen LogP contribution in [0.5, 0.6) is 11.5 Å². The number of para-hydroxylation sites is 1. The predicted octanol–water partition coefficient (Wildman–Crippen LogP) is 4.29. The molecule has 0 atom stereocenters. The van der Waals surface area contributed by atoms with E-state index in [0.29, 0.717) is 30.0 Å². The molecule has 0 aliphatic heterocycles. The number of benzene rings is 2.